The van der Waals surface area contributed by atoms with Gasteiger partial charge in [0.15, 0.2) is 0 Å². The van der Waals surface area contributed by atoms with E-state index in [-0.39, 0.29) is 10.9 Å². The van der Waals surface area contributed by atoms with Gasteiger partial charge in [0.1, 0.15) is 0 Å². The maximum absolute atomic E-state index is 11.7. The number of nitrogens with zero attached hydrogens (tertiary/aromatic N) is 1. The Hall–Kier alpha value is -0.680. The van der Waals surface area contributed by atoms with Gasteiger partial charge in [0.25, 0.3) is 0 Å². The van der Waals surface area contributed by atoms with E-state index in [1.54, 1.807) is 18.7 Å². The van der Waals surface area contributed by atoms with Crippen molar-refractivity contribution in [2.75, 3.05) is 13.1 Å². The second kappa shape index (κ2) is 3.82. The SMILES string of the molecule is CC(C(=O)N1CCC(C)(O)C1)C(N)=S. The number of β-amino-alcohol motifs (C(OH)–C–C–N with tert-alkyl or cyclic N) is 1. The van der Waals surface area contributed by atoms with E-state index in [4.69, 9.17) is 18.0 Å². The first-order valence-corrected chi connectivity index (χ1v) is 5.05. The standard InChI is InChI=1S/C9H16N2O2S/c1-6(7(10)14)8(12)11-4-3-9(2,13)5-11/h6,13H,3-5H2,1-2H3,(H2,10,14). The summed E-state index contributed by atoms with van der Waals surface area (Å²) >= 11 is 4.75. The lowest BCUT2D eigenvalue weighted by molar-refractivity contribution is -0.132. The summed E-state index contributed by atoms with van der Waals surface area (Å²) in [5.74, 6) is -0.519. The number of rotatable bonds is 2. The largest absolute Gasteiger partial charge is 0.393 e. The maximum atomic E-state index is 11.7. The fraction of sp³-hybridized carbons (Fsp3) is 0.778. The van der Waals surface area contributed by atoms with Gasteiger partial charge < -0.3 is 15.7 Å². The number of carbonyl (C=O) groups is 1. The first kappa shape index (κ1) is 11.4. The third-order valence-electron chi connectivity index (χ3n) is 2.56. The van der Waals surface area contributed by atoms with Crippen LogP contribution in [0.15, 0.2) is 0 Å². The summed E-state index contributed by atoms with van der Waals surface area (Å²) in [6.07, 6.45) is 0.614. The molecule has 0 spiro atoms. The Kier molecular flexibility index (Phi) is 3.11. The molecule has 0 saturated carbocycles. The molecule has 0 aromatic carbocycles. The molecule has 0 bridgehead atoms. The van der Waals surface area contributed by atoms with Crippen LogP contribution in [0.5, 0.6) is 0 Å². The first-order chi connectivity index (χ1) is 6.33. The van der Waals surface area contributed by atoms with Crippen LogP contribution in [-0.2, 0) is 4.79 Å². The predicted octanol–water partition coefficient (Wildman–Crippen LogP) is -0.108. The van der Waals surface area contributed by atoms with Gasteiger partial charge in [-0.1, -0.05) is 12.2 Å². The van der Waals surface area contributed by atoms with Crippen LogP contribution in [0, 0.1) is 5.92 Å². The van der Waals surface area contributed by atoms with Crippen molar-refractivity contribution in [1.82, 2.24) is 4.90 Å². The van der Waals surface area contributed by atoms with E-state index in [2.05, 4.69) is 0 Å². The first-order valence-electron chi connectivity index (χ1n) is 4.64. The number of amides is 1. The molecule has 1 aliphatic rings. The summed E-state index contributed by atoms with van der Waals surface area (Å²) < 4.78 is 0. The third kappa shape index (κ3) is 2.42. The molecule has 4 nitrogen and oxygen atoms in total. The molecule has 0 aliphatic carbocycles. The van der Waals surface area contributed by atoms with Gasteiger partial charge in [0.2, 0.25) is 5.91 Å². The second-order valence-electron chi connectivity index (χ2n) is 4.13. The molecular weight excluding hydrogens is 200 g/mol. The van der Waals surface area contributed by atoms with Crippen LogP contribution in [0.2, 0.25) is 0 Å². The normalized spacial score (nSPS) is 28.9. The molecule has 0 aromatic heterocycles. The molecule has 1 heterocycles. The highest BCUT2D eigenvalue weighted by Crippen LogP contribution is 2.21. The van der Waals surface area contributed by atoms with Gasteiger partial charge in [0.05, 0.1) is 16.5 Å². The van der Waals surface area contributed by atoms with Crippen LogP contribution in [0.3, 0.4) is 0 Å². The van der Waals surface area contributed by atoms with E-state index in [1.807, 2.05) is 0 Å². The average Bonchev–Trinajstić information content (AvgIpc) is 2.43. The number of thiocarbonyl (C=S) groups is 1. The van der Waals surface area contributed by atoms with Crippen molar-refractivity contribution in [3.8, 4) is 0 Å². The van der Waals surface area contributed by atoms with Crippen LogP contribution in [0.25, 0.3) is 0 Å². The minimum atomic E-state index is -0.758. The fourth-order valence-electron chi connectivity index (χ4n) is 1.53. The van der Waals surface area contributed by atoms with Crippen LogP contribution in [-0.4, -0.2) is 39.6 Å². The van der Waals surface area contributed by atoms with Gasteiger partial charge in [-0.2, -0.15) is 0 Å². The molecule has 1 aliphatic heterocycles. The lowest BCUT2D eigenvalue weighted by atomic mass is 10.1. The van der Waals surface area contributed by atoms with Crippen molar-refractivity contribution in [2.45, 2.75) is 25.9 Å². The number of nitrogens with two attached hydrogens (primary N) is 1. The lowest BCUT2D eigenvalue weighted by Gasteiger charge is -2.21. The average molecular weight is 216 g/mol. The van der Waals surface area contributed by atoms with E-state index in [1.165, 1.54) is 0 Å². The van der Waals surface area contributed by atoms with Crippen molar-refractivity contribution in [2.24, 2.45) is 11.7 Å². The Morgan fingerprint density at radius 1 is 1.71 bits per heavy atom. The third-order valence-corrected chi connectivity index (χ3v) is 2.91. The highest BCUT2D eigenvalue weighted by atomic mass is 32.1. The quantitative estimate of drug-likeness (QED) is 0.632. The van der Waals surface area contributed by atoms with Gasteiger partial charge in [-0.25, -0.2) is 0 Å². The minimum absolute atomic E-state index is 0.0877. The Labute approximate surface area is 89.1 Å². The number of likely N-dealkylation sites (tertiary alicyclic amines) is 1. The van der Waals surface area contributed by atoms with Crippen LogP contribution in [0.1, 0.15) is 20.3 Å². The summed E-state index contributed by atoms with van der Waals surface area (Å²) in [6, 6.07) is 0. The van der Waals surface area contributed by atoms with Crippen molar-refractivity contribution in [3.63, 3.8) is 0 Å². The van der Waals surface area contributed by atoms with Gasteiger partial charge in [0, 0.05) is 13.1 Å². The summed E-state index contributed by atoms with van der Waals surface area (Å²) in [7, 11) is 0. The fourth-order valence-corrected chi connectivity index (χ4v) is 1.63. The Balaban J connectivity index is 2.60. The molecule has 0 radical (unpaired) electrons. The number of aliphatic hydroxyl groups is 1. The zero-order chi connectivity index (χ0) is 10.9. The predicted molar refractivity (Wildman–Crippen MR) is 57.8 cm³/mol. The van der Waals surface area contributed by atoms with Crippen molar-refractivity contribution < 1.29 is 9.90 Å². The lowest BCUT2D eigenvalue weighted by Crippen LogP contribution is -2.40. The van der Waals surface area contributed by atoms with E-state index in [9.17, 15) is 9.90 Å². The maximum Gasteiger partial charge on any atom is 0.232 e. The van der Waals surface area contributed by atoms with Gasteiger partial charge in [-0.15, -0.1) is 0 Å². The van der Waals surface area contributed by atoms with E-state index in [0.717, 1.165) is 0 Å². The monoisotopic (exact) mass is 216 g/mol. The molecule has 5 heteroatoms. The minimum Gasteiger partial charge on any atom is -0.393 e. The molecule has 80 valence electrons. The Morgan fingerprint density at radius 2 is 2.29 bits per heavy atom. The van der Waals surface area contributed by atoms with Crippen molar-refractivity contribution in [3.05, 3.63) is 0 Å². The molecular formula is C9H16N2O2S. The number of hydrogen-bond acceptors (Lipinski definition) is 3. The number of carbonyl (C=O) groups excluding carboxylic acids is 1. The summed E-state index contributed by atoms with van der Waals surface area (Å²) in [5.41, 5.74) is 4.64. The highest BCUT2D eigenvalue weighted by Gasteiger charge is 2.35. The summed E-state index contributed by atoms with van der Waals surface area (Å²) in [5, 5.41) is 9.68. The summed E-state index contributed by atoms with van der Waals surface area (Å²) in [6.45, 7) is 4.38. The zero-order valence-electron chi connectivity index (χ0n) is 8.49. The molecule has 1 saturated heterocycles. The van der Waals surface area contributed by atoms with Gasteiger partial charge in [-0.05, 0) is 20.3 Å². The van der Waals surface area contributed by atoms with Crippen LogP contribution in [0.4, 0.5) is 0 Å². The zero-order valence-corrected chi connectivity index (χ0v) is 9.30. The molecule has 2 atom stereocenters. The van der Waals surface area contributed by atoms with Crippen molar-refractivity contribution >= 4 is 23.1 Å². The van der Waals surface area contributed by atoms with E-state index in [0.29, 0.717) is 19.5 Å². The van der Waals surface area contributed by atoms with Gasteiger partial charge >= 0.3 is 0 Å². The van der Waals surface area contributed by atoms with Crippen LogP contribution < -0.4 is 5.73 Å². The smallest absolute Gasteiger partial charge is 0.232 e. The molecule has 3 N–H and O–H groups in total. The summed E-state index contributed by atoms with van der Waals surface area (Å²) in [4.78, 5) is 13.5. The Morgan fingerprint density at radius 3 is 2.64 bits per heavy atom. The van der Waals surface area contributed by atoms with Crippen LogP contribution >= 0.6 is 12.2 Å². The van der Waals surface area contributed by atoms with E-state index < -0.39 is 11.5 Å². The topological polar surface area (TPSA) is 66.6 Å². The molecule has 0 aromatic rings. The van der Waals surface area contributed by atoms with Gasteiger partial charge in [-0.3, -0.25) is 4.79 Å². The molecule has 1 amide bonds. The highest BCUT2D eigenvalue weighted by molar-refractivity contribution is 7.80. The molecule has 1 fully saturated rings. The number of hydrogen-bond donors (Lipinski definition) is 2. The molecule has 14 heavy (non-hydrogen) atoms. The van der Waals surface area contributed by atoms with E-state index >= 15 is 0 Å². The molecule has 1 rings (SSSR count). The van der Waals surface area contributed by atoms with Crippen molar-refractivity contribution in [1.29, 1.82) is 0 Å². The molecule has 2 unspecified atom stereocenters. The Bertz CT molecular complexity index is 266. The second-order valence-corrected chi connectivity index (χ2v) is 4.60.